The summed E-state index contributed by atoms with van der Waals surface area (Å²) < 4.78 is 4.97. The molecule has 1 aromatic carbocycles. The zero-order valence-corrected chi connectivity index (χ0v) is 6.72. The molecule has 1 rings (SSSR count). The molecule has 0 saturated heterocycles. The Bertz CT molecular complexity index is 248. The minimum absolute atomic E-state index is 0.668. The predicted octanol–water partition coefficient (Wildman–Crippen LogP) is 1.17. The van der Waals surface area contributed by atoms with E-state index >= 15 is 0 Å². The molecule has 0 unspecified atom stereocenters. The van der Waals surface area contributed by atoms with Gasteiger partial charge in [0.2, 0.25) is 0 Å². The number of hydrogen-bond acceptors (Lipinski definition) is 3. The number of anilines is 2. The highest BCUT2D eigenvalue weighted by atomic mass is 16.5. The Balaban J connectivity index is 3.21. The van der Waals surface area contributed by atoms with Gasteiger partial charge in [-0.15, -0.1) is 0 Å². The maximum absolute atomic E-state index is 5.64. The molecular weight excluding hydrogens is 140 g/mol. The molecule has 60 valence electrons. The van der Waals surface area contributed by atoms with Gasteiger partial charge in [0.15, 0.2) is 0 Å². The monoisotopic (exact) mass is 152 g/mol. The summed E-state index contributed by atoms with van der Waals surface area (Å²) in [6, 6.07) is 3.51. The fourth-order valence-corrected chi connectivity index (χ4v) is 0.849. The van der Waals surface area contributed by atoms with Gasteiger partial charge in [-0.1, -0.05) is 0 Å². The van der Waals surface area contributed by atoms with E-state index in [-0.39, 0.29) is 0 Å². The summed E-state index contributed by atoms with van der Waals surface area (Å²) >= 11 is 0. The van der Waals surface area contributed by atoms with E-state index in [0.29, 0.717) is 17.1 Å². The fraction of sp³-hybridized carbons (Fsp3) is 0.250. The van der Waals surface area contributed by atoms with E-state index in [1.165, 1.54) is 0 Å². The lowest BCUT2D eigenvalue weighted by Crippen LogP contribution is -1.97. The molecule has 4 N–H and O–H groups in total. The zero-order chi connectivity index (χ0) is 8.43. The first-order valence-corrected chi connectivity index (χ1v) is 3.34. The van der Waals surface area contributed by atoms with Crippen molar-refractivity contribution in [1.82, 2.24) is 0 Å². The van der Waals surface area contributed by atoms with Crippen molar-refractivity contribution in [2.45, 2.75) is 6.92 Å². The molecule has 0 heterocycles. The van der Waals surface area contributed by atoms with E-state index in [4.69, 9.17) is 16.2 Å². The largest absolute Gasteiger partial charge is 0.497 e. The number of rotatable bonds is 1. The first-order chi connectivity index (χ1) is 5.15. The van der Waals surface area contributed by atoms with E-state index in [0.717, 1.165) is 5.56 Å². The molecule has 0 aliphatic carbocycles. The SMILES string of the molecule is COc1cc(N)c(C)c(N)c1. The van der Waals surface area contributed by atoms with Crippen molar-refractivity contribution >= 4 is 11.4 Å². The third kappa shape index (κ3) is 1.37. The highest BCUT2D eigenvalue weighted by Gasteiger charge is 2.00. The van der Waals surface area contributed by atoms with E-state index in [2.05, 4.69) is 0 Å². The van der Waals surface area contributed by atoms with Crippen molar-refractivity contribution in [3.63, 3.8) is 0 Å². The van der Waals surface area contributed by atoms with Gasteiger partial charge in [-0.25, -0.2) is 0 Å². The Labute approximate surface area is 66.0 Å². The van der Waals surface area contributed by atoms with Gasteiger partial charge in [0.1, 0.15) is 5.75 Å². The van der Waals surface area contributed by atoms with E-state index < -0.39 is 0 Å². The molecule has 3 nitrogen and oxygen atoms in total. The van der Waals surface area contributed by atoms with Crippen molar-refractivity contribution in [3.8, 4) is 5.75 Å². The van der Waals surface area contributed by atoms with Crippen molar-refractivity contribution in [1.29, 1.82) is 0 Å². The summed E-state index contributed by atoms with van der Waals surface area (Å²) in [7, 11) is 1.59. The minimum atomic E-state index is 0.668. The van der Waals surface area contributed by atoms with Crippen LogP contribution in [0.3, 0.4) is 0 Å². The standard InChI is InChI=1S/C8H12N2O/c1-5-7(9)3-6(11-2)4-8(5)10/h3-4H,9-10H2,1-2H3. The Morgan fingerprint density at radius 3 is 2.00 bits per heavy atom. The van der Waals surface area contributed by atoms with Crippen LogP contribution in [-0.4, -0.2) is 7.11 Å². The number of nitrogens with two attached hydrogens (primary N) is 2. The molecule has 0 aliphatic rings. The third-order valence-corrected chi connectivity index (χ3v) is 1.70. The molecule has 0 aromatic heterocycles. The van der Waals surface area contributed by atoms with E-state index in [1.807, 2.05) is 6.92 Å². The van der Waals surface area contributed by atoms with Crippen LogP contribution in [0, 0.1) is 6.92 Å². The molecule has 0 aliphatic heterocycles. The third-order valence-electron chi connectivity index (χ3n) is 1.70. The second kappa shape index (κ2) is 2.70. The summed E-state index contributed by atoms with van der Waals surface area (Å²) in [5, 5.41) is 0. The van der Waals surface area contributed by atoms with E-state index in [1.54, 1.807) is 19.2 Å². The number of benzene rings is 1. The molecule has 0 saturated carbocycles. The van der Waals surface area contributed by atoms with Crippen molar-refractivity contribution in [2.24, 2.45) is 0 Å². The average molecular weight is 152 g/mol. The van der Waals surface area contributed by atoms with Crippen molar-refractivity contribution in [3.05, 3.63) is 17.7 Å². The topological polar surface area (TPSA) is 61.3 Å². The van der Waals surface area contributed by atoms with Gasteiger partial charge in [-0.2, -0.15) is 0 Å². The lowest BCUT2D eigenvalue weighted by molar-refractivity contribution is 0.415. The maximum atomic E-state index is 5.64. The average Bonchev–Trinajstić information content (AvgIpc) is 1.99. The molecular formula is C8H12N2O. The second-order valence-corrected chi connectivity index (χ2v) is 2.43. The summed E-state index contributed by atoms with van der Waals surface area (Å²) in [4.78, 5) is 0. The van der Waals surface area contributed by atoms with Crippen LogP contribution in [0.1, 0.15) is 5.56 Å². The van der Waals surface area contributed by atoms with Crippen molar-refractivity contribution < 1.29 is 4.74 Å². The smallest absolute Gasteiger partial charge is 0.122 e. The van der Waals surface area contributed by atoms with Crippen LogP contribution in [-0.2, 0) is 0 Å². The lowest BCUT2D eigenvalue weighted by Gasteiger charge is -2.06. The van der Waals surface area contributed by atoms with Gasteiger partial charge in [-0.3, -0.25) is 0 Å². The quantitative estimate of drug-likeness (QED) is 0.594. The van der Waals surface area contributed by atoms with Gasteiger partial charge in [-0.05, 0) is 12.5 Å². The van der Waals surface area contributed by atoms with Gasteiger partial charge in [0.05, 0.1) is 7.11 Å². The molecule has 0 radical (unpaired) electrons. The van der Waals surface area contributed by atoms with Crippen LogP contribution in [0.2, 0.25) is 0 Å². The van der Waals surface area contributed by atoms with Crippen LogP contribution in [0.5, 0.6) is 5.75 Å². The van der Waals surface area contributed by atoms with E-state index in [9.17, 15) is 0 Å². The minimum Gasteiger partial charge on any atom is -0.497 e. The molecule has 0 atom stereocenters. The summed E-state index contributed by atoms with van der Waals surface area (Å²) in [6.45, 7) is 1.88. The number of hydrogen-bond donors (Lipinski definition) is 2. The molecule has 0 amide bonds. The first-order valence-electron chi connectivity index (χ1n) is 3.34. The van der Waals surface area contributed by atoms with Gasteiger partial charge in [0.25, 0.3) is 0 Å². The molecule has 11 heavy (non-hydrogen) atoms. The predicted molar refractivity (Wildman–Crippen MR) is 46.6 cm³/mol. The number of ether oxygens (including phenoxy) is 1. The Hall–Kier alpha value is -1.38. The van der Waals surface area contributed by atoms with Crippen LogP contribution in [0.25, 0.3) is 0 Å². The molecule has 0 spiro atoms. The molecule has 1 aromatic rings. The van der Waals surface area contributed by atoms with Gasteiger partial charge >= 0.3 is 0 Å². The van der Waals surface area contributed by atoms with Crippen molar-refractivity contribution in [2.75, 3.05) is 18.6 Å². The number of methoxy groups -OCH3 is 1. The Morgan fingerprint density at radius 1 is 1.18 bits per heavy atom. The zero-order valence-electron chi connectivity index (χ0n) is 6.72. The summed E-state index contributed by atoms with van der Waals surface area (Å²) in [6.07, 6.45) is 0. The number of nitrogen functional groups attached to an aromatic ring is 2. The highest BCUT2D eigenvalue weighted by Crippen LogP contribution is 2.24. The fourth-order valence-electron chi connectivity index (χ4n) is 0.849. The Kier molecular flexibility index (Phi) is 1.89. The van der Waals surface area contributed by atoms with Crippen LogP contribution < -0.4 is 16.2 Å². The summed E-state index contributed by atoms with van der Waals surface area (Å²) in [5.74, 6) is 0.700. The lowest BCUT2D eigenvalue weighted by atomic mass is 10.1. The van der Waals surface area contributed by atoms with Gasteiger partial charge < -0.3 is 16.2 Å². The van der Waals surface area contributed by atoms with Gasteiger partial charge in [0, 0.05) is 23.5 Å². The van der Waals surface area contributed by atoms with Crippen LogP contribution in [0.15, 0.2) is 12.1 Å². The molecule has 0 fully saturated rings. The van der Waals surface area contributed by atoms with Crippen LogP contribution in [0.4, 0.5) is 11.4 Å². The van der Waals surface area contributed by atoms with Crippen LogP contribution >= 0.6 is 0 Å². The molecule has 3 heteroatoms. The summed E-state index contributed by atoms with van der Waals surface area (Å²) in [5.41, 5.74) is 13.5. The highest BCUT2D eigenvalue weighted by molar-refractivity contribution is 5.64. The normalized spacial score (nSPS) is 9.64. The Morgan fingerprint density at radius 2 is 1.64 bits per heavy atom. The molecule has 0 bridgehead atoms. The maximum Gasteiger partial charge on any atom is 0.122 e. The second-order valence-electron chi connectivity index (χ2n) is 2.43. The first kappa shape index (κ1) is 7.72.